The molecule has 0 spiro atoms. The van der Waals surface area contributed by atoms with Crippen LogP contribution in [0, 0.1) is 0 Å². The van der Waals surface area contributed by atoms with Crippen LogP contribution in [0.3, 0.4) is 0 Å². The Labute approximate surface area is 203 Å². The highest BCUT2D eigenvalue weighted by atomic mass is 19.4. The molecule has 0 aliphatic carbocycles. The Kier molecular flexibility index (Phi) is 6.68. The highest BCUT2D eigenvalue weighted by Crippen LogP contribution is 2.36. The van der Waals surface area contributed by atoms with Gasteiger partial charge >= 0.3 is 18.4 Å². The van der Waals surface area contributed by atoms with Crippen LogP contribution in [0.2, 0.25) is 0 Å². The SMILES string of the molecule is COC(C)c1c(NC(=O)Nc2cnc(-n3nccn3)c(C(F)(F)F)c2)cnc2ccc(C(F)(F)F)nc12. The minimum absolute atomic E-state index is 0.0625. The molecule has 0 aliphatic heterocycles. The van der Waals surface area contributed by atoms with Gasteiger partial charge < -0.3 is 15.4 Å². The zero-order valence-electron chi connectivity index (χ0n) is 18.9. The number of amides is 2. The van der Waals surface area contributed by atoms with Crippen molar-refractivity contribution in [2.24, 2.45) is 0 Å². The van der Waals surface area contributed by atoms with Crippen molar-refractivity contribution in [2.75, 3.05) is 17.7 Å². The van der Waals surface area contributed by atoms with E-state index in [1.807, 2.05) is 0 Å². The van der Waals surface area contributed by atoms with Gasteiger partial charge in [0.1, 0.15) is 11.3 Å². The number of carbonyl (C=O) groups is 1. The van der Waals surface area contributed by atoms with Crippen LogP contribution in [0.5, 0.6) is 0 Å². The van der Waals surface area contributed by atoms with Crippen molar-refractivity contribution in [2.45, 2.75) is 25.4 Å². The van der Waals surface area contributed by atoms with E-state index in [1.165, 1.54) is 32.6 Å². The Bertz CT molecular complexity index is 1440. The fourth-order valence-corrected chi connectivity index (χ4v) is 3.38. The number of halogens is 6. The summed E-state index contributed by atoms with van der Waals surface area (Å²) in [4.78, 5) is 24.7. The van der Waals surface area contributed by atoms with Gasteiger partial charge in [-0.15, -0.1) is 4.80 Å². The standard InChI is InChI=1S/C21H16F6N8O2/c1-10(37-2)16-14(9-28-13-3-4-15(21(25,26)27)34-17(13)16)33-19(36)32-11-7-12(20(22,23)24)18(29-8-11)35-30-5-6-31-35/h3-10H,1-2H3,(H2,32,33,36). The van der Waals surface area contributed by atoms with E-state index in [2.05, 4.69) is 35.8 Å². The highest BCUT2D eigenvalue weighted by molar-refractivity contribution is 6.01. The molecule has 194 valence electrons. The average Bonchev–Trinajstić information content (AvgIpc) is 3.36. The Balaban J connectivity index is 1.67. The molecule has 2 N–H and O–H groups in total. The number of nitrogens with zero attached hydrogens (tertiary/aromatic N) is 6. The van der Waals surface area contributed by atoms with Gasteiger partial charge in [-0.05, 0) is 25.1 Å². The quantitative estimate of drug-likeness (QED) is 0.352. The number of ether oxygens (including phenoxy) is 1. The predicted octanol–water partition coefficient (Wildman–Crippen LogP) is 4.99. The third-order valence-electron chi connectivity index (χ3n) is 5.09. The van der Waals surface area contributed by atoms with Crippen LogP contribution in [-0.2, 0) is 17.1 Å². The van der Waals surface area contributed by atoms with Gasteiger partial charge in [-0.25, -0.2) is 14.8 Å². The van der Waals surface area contributed by atoms with Crippen LogP contribution in [-0.4, -0.2) is 43.1 Å². The molecule has 4 rings (SSSR count). The number of anilines is 2. The summed E-state index contributed by atoms with van der Waals surface area (Å²) in [7, 11) is 1.30. The summed E-state index contributed by atoms with van der Waals surface area (Å²) in [5.74, 6) is -0.607. The number of fused-ring (bicyclic) bond motifs is 1. The molecule has 0 aliphatic rings. The van der Waals surface area contributed by atoms with Crippen LogP contribution < -0.4 is 10.6 Å². The zero-order chi connectivity index (χ0) is 27.0. The van der Waals surface area contributed by atoms with Gasteiger partial charge in [-0.2, -0.15) is 36.5 Å². The molecule has 2 amide bonds. The first-order chi connectivity index (χ1) is 17.4. The van der Waals surface area contributed by atoms with Gasteiger partial charge in [0, 0.05) is 12.7 Å². The summed E-state index contributed by atoms with van der Waals surface area (Å²) in [5.41, 5.74) is -2.75. The van der Waals surface area contributed by atoms with Crippen molar-refractivity contribution >= 4 is 28.4 Å². The number of alkyl halides is 6. The van der Waals surface area contributed by atoms with Gasteiger partial charge in [0.25, 0.3) is 0 Å². The van der Waals surface area contributed by atoms with Crippen molar-refractivity contribution in [1.29, 1.82) is 0 Å². The number of rotatable bonds is 5. The fraction of sp³-hybridized carbons (Fsp3) is 0.238. The zero-order valence-corrected chi connectivity index (χ0v) is 18.9. The smallest absolute Gasteiger partial charge is 0.377 e. The van der Waals surface area contributed by atoms with Crippen LogP contribution in [0.4, 0.5) is 42.5 Å². The van der Waals surface area contributed by atoms with E-state index in [-0.39, 0.29) is 28.0 Å². The van der Waals surface area contributed by atoms with Crippen LogP contribution in [0.15, 0.2) is 43.0 Å². The Morgan fingerprint density at radius 1 is 1.00 bits per heavy atom. The second-order valence-electron chi connectivity index (χ2n) is 7.52. The largest absolute Gasteiger partial charge is 0.433 e. The van der Waals surface area contributed by atoms with Crippen LogP contribution in [0.1, 0.15) is 29.8 Å². The molecule has 1 atom stereocenters. The lowest BCUT2D eigenvalue weighted by atomic mass is 10.1. The number of methoxy groups -OCH3 is 1. The monoisotopic (exact) mass is 526 g/mol. The van der Waals surface area contributed by atoms with Crippen LogP contribution >= 0.6 is 0 Å². The lowest BCUT2D eigenvalue weighted by Crippen LogP contribution is -2.22. The maximum absolute atomic E-state index is 13.6. The summed E-state index contributed by atoms with van der Waals surface area (Å²) in [6.07, 6.45) is -5.95. The predicted molar refractivity (Wildman–Crippen MR) is 117 cm³/mol. The number of carbonyl (C=O) groups excluding carboxylic acids is 1. The number of hydrogen-bond donors (Lipinski definition) is 2. The molecule has 16 heteroatoms. The second-order valence-corrected chi connectivity index (χ2v) is 7.52. The Hall–Kier alpha value is -4.34. The number of hydrogen-bond acceptors (Lipinski definition) is 7. The molecule has 0 radical (unpaired) electrons. The highest BCUT2D eigenvalue weighted by Gasteiger charge is 2.36. The van der Waals surface area contributed by atoms with E-state index < -0.39 is 41.6 Å². The Morgan fingerprint density at radius 3 is 2.32 bits per heavy atom. The first kappa shape index (κ1) is 25.7. The summed E-state index contributed by atoms with van der Waals surface area (Å²) in [6.45, 7) is 1.52. The van der Waals surface area contributed by atoms with E-state index in [4.69, 9.17) is 4.74 Å². The van der Waals surface area contributed by atoms with Crippen molar-refractivity contribution in [3.63, 3.8) is 0 Å². The third kappa shape index (κ3) is 5.42. The number of urea groups is 1. The van der Waals surface area contributed by atoms with Crippen molar-refractivity contribution in [3.8, 4) is 5.82 Å². The topological polar surface area (TPSA) is 120 Å². The summed E-state index contributed by atoms with van der Waals surface area (Å²) >= 11 is 0. The van der Waals surface area contributed by atoms with Gasteiger partial charge in [0.05, 0.1) is 53.3 Å². The second kappa shape index (κ2) is 9.61. The molecule has 4 aromatic rings. The number of pyridine rings is 3. The van der Waals surface area contributed by atoms with Gasteiger partial charge in [0.2, 0.25) is 0 Å². The van der Waals surface area contributed by atoms with E-state index in [9.17, 15) is 31.1 Å². The van der Waals surface area contributed by atoms with E-state index in [0.29, 0.717) is 10.9 Å². The lowest BCUT2D eigenvalue weighted by molar-refractivity contribution is -0.141. The summed E-state index contributed by atoms with van der Waals surface area (Å²) in [6, 6.07) is 1.52. The summed E-state index contributed by atoms with van der Waals surface area (Å²) < 4.78 is 85.7. The van der Waals surface area contributed by atoms with E-state index in [1.54, 1.807) is 0 Å². The van der Waals surface area contributed by atoms with Gasteiger partial charge in [-0.1, -0.05) is 0 Å². The fourth-order valence-electron chi connectivity index (χ4n) is 3.38. The first-order valence-corrected chi connectivity index (χ1v) is 10.3. The maximum Gasteiger partial charge on any atom is 0.433 e. The molecular formula is C21H16F6N8O2. The van der Waals surface area contributed by atoms with Gasteiger partial charge in [0.15, 0.2) is 5.82 Å². The number of aromatic nitrogens is 6. The molecule has 0 fully saturated rings. The van der Waals surface area contributed by atoms with Gasteiger partial charge in [-0.3, -0.25) is 4.98 Å². The minimum Gasteiger partial charge on any atom is -0.377 e. The average molecular weight is 526 g/mol. The molecule has 1 unspecified atom stereocenters. The molecule has 0 saturated heterocycles. The molecule has 0 bridgehead atoms. The molecule has 0 aromatic carbocycles. The first-order valence-electron chi connectivity index (χ1n) is 10.3. The maximum atomic E-state index is 13.6. The van der Waals surface area contributed by atoms with Crippen LogP contribution in [0.25, 0.3) is 16.9 Å². The number of nitrogens with one attached hydrogen (secondary N) is 2. The molecule has 0 saturated carbocycles. The lowest BCUT2D eigenvalue weighted by Gasteiger charge is -2.19. The molecule has 4 heterocycles. The Morgan fingerprint density at radius 2 is 1.70 bits per heavy atom. The third-order valence-corrected chi connectivity index (χ3v) is 5.09. The molecular weight excluding hydrogens is 510 g/mol. The van der Waals surface area contributed by atoms with E-state index >= 15 is 0 Å². The molecule has 10 nitrogen and oxygen atoms in total. The van der Waals surface area contributed by atoms with Crippen molar-refractivity contribution in [1.82, 2.24) is 29.9 Å². The molecule has 37 heavy (non-hydrogen) atoms. The summed E-state index contributed by atoms with van der Waals surface area (Å²) in [5, 5.41) is 11.9. The molecule has 4 aromatic heterocycles. The van der Waals surface area contributed by atoms with Crippen molar-refractivity contribution < 1.29 is 35.9 Å². The van der Waals surface area contributed by atoms with E-state index in [0.717, 1.165) is 18.3 Å². The minimum atomic E-state index is -4.85. The normalized spacial score (nSPS) is 13.0. The van der Waals surface area contributed by atoms with Crippen molar-refractivity contribution in [3.05, 3.63) is 59.8 Å².